The van der Waals surface area contributed by atoms with Gasteiger partial charge in [0.1, 0.15) is 0 Å². The Hall–Kier alpha value is -0.301. The molecule has 72 valence electrons. The minimum atomic E-state index is -0.357. The van der Waals surface area contributed by atoms with Crippen molar-refractivity contribution < 1.29 is 4.79 Å². The molecule has 1 nitrogen and oxygen atoms in total. The summed E-state index contributed by atoms with van der Waals surface area (Å²) in [7, 11) is 0. The molecule has 1 aromatic carbocycles. The van der Waals surface area contributed by atoms with Gasteiger partial charge in [-0.3, -0.25) is 0 Å². The van der Waals surface area contributed by atoms with Crippen molar-refractivity contribution in [2.24, 2.45) is 0 Å². The number of carbonyl (C=O) groups excluding carboxylic acids is 1. The van der Waals surface area contributed by atoms with Crippen LogP contribution < -0.4 is 4.46 Å². The summed E-state index contributed by atoms with van der Waals surface area (Å²) in [6, 6.07) is 7.44. The van der Waals surface area contributed by atoms with Crippen LogP contribution in [-0.2, 0) is 0 Å². The molecule has 0 aliphatic heterocycles. The van der Waals surface area contributed by atoms with Gasteiger partial charge in [-0.1, -0.05) is 13.8 Å². The Bertz CT molecular complexity index is 273. The van der Waals surface area contributed by atoms with Crippen LogP contribution in [0.3, 0.4) is 0 Å². The molecule has 0 unspecified atom stereocenters. The Morgan fingerprint density at radius 2 is 1.85 bits per heavy atom. The van der Waals surface area contributed by atoms with Crippen LogP contribution in [0.15, 0.2) is 24.3 Å². The third-order valence-electron chi connectivity index (χ3n) is 1.32. The van der Waals surface area contributed by atoms with E-state index in [0.717, 1.165) is 4.46 Å². The zero-order valence-electron chi connectivity index (χ0n) is 8.00. The molecule has 1 rings (SSSR count). The second-order valence-electron chi connectivity index (χ2n) is 1.97. The summed E-state index contributed by atoms with van der Waals surface area (Å²) in [4.78, 5) is 10.8. The molecule has 0 aromatic heterocycles. The number of hydrogen-bond donors (Lipinski definition) is 0. The minimum absolute atomic E-state index is 0.334. The molecule has 13 heavy (non-hydrogen) atoms. The number of halogens is 1. The van der Waals surface area contributed by atoms with E-state index < -0.39 is 0 Å². The Balaban J connectivity index is 0.000000671. The first kappa shape index (κ1) is 12.7. The van der Waals surface area contributed by atoms with Crippen LogP contribution in [-0.4, -0.2) is 20.2 Å². The first-order chi connectivity index (χ1) is 6.25. The summed E-state index contributed by atoms with van der Waals surface area (Å²) >= 11 is 5.69. The van der Waals surface area contributed by atoms with Gasteiger partial charge < -0.3 is 0 Å². The molecule has 0 aliphatic rings. The van der Waals surface area contributed by atoms with Crippen molar-refractivity contribution in [3.63, 3.8) is 0 Å². The van der Waals surface area contributed by atoms with Gasteiger partial charge in [0, 0.05) is 0 Å². The molecular weight excluding hydrogens is 251 g/mol. The van der Waals surface area contributed by atoms with Gasteiger partial charge in [0.05, 0.1) is 0 Å². The van der Waals surface area contributed by atoms with Crippen molar-refractivity contribution in [3.05, 3.63) is 29.8 Å². The van der Waals surface area contributed by atoms with Gasteiger partial charge in [-0.25, -0.2) is 0 Å². The van der Waals surface area contributed by atoms with Crippen LogP contribution in [0, 0.1) is 0 Å². The Labute approximate surface area is 90.6 Å². The summed E-state index contributed by atoms with van der Waals surface area (Å²) in [5.41, 5.74) is 0.650. The van der Waals surface area contributed by atoms with Gasteiger partial charge >= 0.3 is 76.7 Å². The van der Waals surface area contributed by atoms with E-state index in [1.807, 2.05) is 32.0 Å². The summed E-state index contributed by atoms with van der Waals surface area (Å²) in [6.45, 7) is 4.00. The topological polar surface area (TPSA) is 17.1 Å². The van der Waals surface area contributed by atoms with Crippen LogP contribution in [0.4, 0.5) is 0 Å². The van der Waals surface area contributed by atoms with E-state index in [-0.39, 0.29) is 5.24 Å². The number of rotatable bonds is 2. The van der Waals surface area contributed by atoms with Gasteiger partial charge in [0.2, 0.25) is 0 Å². The normalized spacial score (nSPS) is 8.62. The zero-order valence-corrected chi connectivity index (χ0v) is 10.5. The Kier molecular flexibility index (Phi) is 6.97. The molecule has 1 aromatic rings. The second kappa shape index (κ2) is 7.14. The summed E-state index contributed by atoms with van der Waals surface area (Å²) in [5.74, 6) is 2.06. The third-order valence-corrected chi connectivity index (χ3v) is 3.19. The molecule has 0 bridgehead atoms. The summed E-state index contributed by atoms with van der Waals surface area (Å²) in [5, 5.41) is -0.357. The van der Waals surface area contributed by atoms with Gasteiger partial charge in [-0.2, -0.15) is 0 Å². The maximum absolute atomic E-state index is 10.8. The van der Waals surface area contributed by atoms with E-state index in [0.29, 0.717) is 20.5 Å². The van der Waals surface area contributed by atoms with Crippen molar-refractivity contribution >= 4 is 36.3 Å². The van der Waals surface area contributed by atoms with E-state index in [2.05, 4.69) is 5.82 Å². The van der Waals surface area contributed by atoms with E-state index in [4.69, 9.17) is 11.6 Å². The van der Waals surface area contributed by atoms with E-state index in [9.17, 15) is 4.79 Å². The van der Waals surface area contributed by atoms with Gasteiger partial charge in [-0.05, 0) is 0 Å². The number of benzene rings is 1. The van der Waals surface area contributed by atoms with Gasteiger partial charge in [0.25, 0.3) is 0 Å². The predicted molar refractivity (Wildman–Crippen MR) is 59.2 cm³/mol. The molecule has 0 saturated carbocycles. The fraction of sp³-hybridized carbons (Fsp3) is 0.300. The Morgan fingerprint density at radius 3 is 2.23 bits per heavy atom. The summed E-state index contributed by atoms with van der Waals surface area (Å²) < 4.78 is 1.07. The fourth-order valence-corrected chi connectivity index (χ4v) is 2.35. The van der Waals surface area contributed by atoms with Crippen LogP contribution in [0.2, 0.25) is 5.82 Å². The quantitative estimate of drug-likeness (QED) is 0.592. The molecule has 0 atom stereocenters. The molecule has 0 fully saturated rings. The van der Waals surface area contributed by atoms with E-state index >= 15 is 0 Å². The first-order valence-electron chi connectivity index (χ1n) is 4.08. The van der Waals surface area contributed by atoms with E-state index in [1.165, 1.54) is 0 Å². The maximum atomic E-state index is 10.8. The molecule has 0 amide bonds. The predicted octanol–water partition coefficient (Wildman–Crippen LogP) is 2.47. The van der Waals surface area contributed by atoms with Crippen molar-refractivity contribution in [1.82, 2.24) is 0 Å². The van der Waals surface area contributed by atoms with Crippen molar-refractivity contribution in [1.29, 1.82) is 0 Å². The monoisotopic (exact) mass is 264 g/mol. The van der Waals surface area contributed by atoms with Crippen LogP contribution in [0.25, 0.3) is 0 Å². The van der Waals surface area contributed by atoms with Crippen molar-refractivity contribution in [2.75, 3.05) is 0 Å². The van der Waals surface area contributed by atoms with Crippen LogP contribution >= 0.6 is 11.6 Å². The van der Waals surface area contributed by atoms with Gasteiger partial charge in [0.15, 0.2) is 0 Å². The molecule has 0 radical (unpaired) electrons. The van der Waals surface area contributed by atoms with Crippen molar-refractivity contribution in [2.45, 2.75) is 19.7 Å². The average Bonchev–Trinajstić information content (AvgIpc) is 2.20. The standard InChI is InChI=1S/C8H7ClOSe.C2H6/c1-11-7-5-3-2-4-6(7)8(9)10;1-2/h2-5H,1H3;1-2H3. The zero-order chi connectivity index (χ0) is 10.3. The van der Waals surface area contributed by atoms with E-state index in [1.54, 1.807) is 6.07 Å². The Morgan fingerprint density at radius 1 is 1.31 bits per heavy atom. The molecule has 0 heterocycles. The third kappa shape index (κ3) is 3.95. The molecule has 0 N–H and O–H groups in total. The van der Waals surface area contributed by atoms with Gasteiger partial charge in [-0.15, -0.1) is 0 Å². The number of hydrogen-bond acceptors (Lipinski definition) is 1. The summed E-state index contributed by atoms with van der Waals surface area (Å²) in [6.07, 6.45) is 0. The molecule has 0 spiro atoms. The van der Waals surface area contributed by atoms with Crippen LogP contribution in [0.5, 0.6) is 0 Å². The SMILES string of the molecule is CC.C[Se]c1ccccc1C(=O)Cl. The molecule has 0 aliphatic carbocycles. The molecular formula is C10H13ClOSe. The number of carbonyl (C=O) groups is 1. The fourth-order valence-electron chi connectivity index (χ4n) is 0.807. The van der Waals surface area contributed by atoms with Crippen LogP contribution in [0.1, 0.15) is 24.2 Å². The average molecular weight is 264 g/mol. The molecule has 3 heteroatoms. The second-order valence-corrected chi connectivity index (χ2v) is 4.10. The van der Waals surface area contributed by atoms with Crippen molar-refractivity contribution in [3.8, 4) is 0 Å². The molecule has 0 saturated heterocycles. The first-order valence-corrected chi connectivity index (χ1v) is 7.03.